The molecule has 37 heavy (non-hydrogen) atoms. The smallest absolute Gasteiger partial charge is 0.314 e. The first-order valence-corrected chi connectivity index (χ1v) is 13.9. The highest BCUT2D eigenvalue weighted by Crippen LogP contribution is 2.72. The lowest BCUT2D eigenvalue weighted by atomic mass is 9.41. The molecule has 8 nitrogen and oxygen atoms in total. The molecule has 1 aliphatic heterocycles. The van der Waals surface area contributed by atoms with Crippen LogP contribution in [0.3, 0.4) is 0 Å². The third-order valence-corrected chi connectivity index (χ3v) is 10.8. The predicted octanol–water partition coefficient (Wildman–Crippen LogP) is 4.08. The van der Waals surface area contributed by atoms with Crippen LogP contribution in [0.5, 0.6) is 0 Å². The molecule has 0 aromatic carbocycles. The van der Waals surface area contributed by atoms with Gasteiger partial charge in [0.2, 0.25) is 6.29 Å². The Balaban J connectivity index is 1.34. The summed E-state index contributed by atoms with van der Waals surface area (Å²) in [6.07, 6.45) is 4.75. The van der Waals surface area contributed by atoms with Crippen LogP contribution in [-0.4, -0.2) is 54.2 Å². The molecular weight excluding hydrogens is 476 g/mol. The summed E-state index contributed by atoms with van der Waals surface area (Å²) in [5.74, 6) is -0.166. The Hall–Kier alpha value is -1.93. The van der Waals surface area contributed by atoms with Crippen molar-refractivity contribution in [2.75, 3.05) is 6.61 Å². The number of esters is 3. The summed E-state index contributed by atoms with van der Waals surface area (Å²) in [7, 11) is 0. The fourth-order valence-electron chi connectivity index (χ4n) is 9.35. The molecule has 10 atom stereocenters. The van der Waals surface area contributed by atoms with E-state index in [1.54, 1.807) is 0 Å². The van der Waals surface area contributed by atoms with E-state index in [9.17, 15) is 19.5 Å². The van der Waals surface area contributed by atoms with Crippen LogP contribution in [0.2, 0.25) is 0 Å². The van der Waals surface area contributed by atoms with Crippen molar-refractivity contribution < 1.29 is 38.4 Å². The molecule has 5 fully saturated rings. The lowest BCUT2D eigenvalue weighted by Gasteiger charge is -2.63. The molecule has 1 spiro atoms. The van der Waals surface area contributed by atoms with Crippen molar-refractivity contribution in [2.24, 2.45) is 34.0 Å². The number of allylic oxidation sites excluding steroid dienone is 1. The molecule has 1 N–H and O–H groups in total. The number of carbonyl (C=O) groups is 3. The molecule has 5 rings (SSSR count). The van der Waals surface area contributed by atoms with E-state index in [1.807, 2.05) is 6.92 Å². The van der Waals surface area contributed by atoms with Gasteiger partial charge in [-0.2, -0.15) is 0 Å². The van der Waals surface area contributed by atoms with Crippen molar-refractivity contribution in [1.29, 1.82) is 0 Å². The summed E-state index contributed by atoms with van der Waals surface area (Å²) in [5.41, 5.74) is 1.11. The molecule has 1 saturated heterocycles. The van der Waals surface area contributed by atoms with Gasteiger partial charge in [-0.05, 0) is 86.9 Å². The second-order valence-corrected chi connectivity index (χ2v) is 12.9. The number of fused-ring (bicyclic) bond motifs is 3. The lowest BCUT2D eigenvalue weighted by molar-refractivity contribution is -0.276. The summed E-state index contributed by atoms with van der Waals surface area (Å²) in [6.45, 7) is 11.1. The zero-order valence-electron chi connectivity index (χ0n) is 22.6. The number of hydrogen-bond donors (Lipinski definition) is 1. The van der Waals surface area contributed by atoms with Gasteiger partial charge >= 0.3 is 17.9 Å². The van der Waals surface area contributed by atoms with E-state index in [2.05, 4.69) is 13.5 Å². The average molecular weight is 519 g/mol. The van der Waals surface area contributed by atoms with E-state index < -0.39 is 42.0 Å². The van der Waals surface area contributed by atoms with Gasteiger partial charge in [0, 0.05) is 13.8 Å². The van der Waals surface area contributed by atoms with Crippen LogP contribution in [-0.2, 0) is 33.3 Å². The number of rotatable bonds is 4. The monoisotopic (exact) mass is 518 g/mol. The minimum atomic E-state index is -1.47. The maximum atomic E-state index is 13.9. The quantitative estimate of drug-likeness (QED) is 0.337. The Morgan fingerprint density at radius 1 is 0.973 bits per heavy atom. The number of aliphatic hydroxyl groups excluding tert-OH is 1. The first-order chi connectivity index (χ1) is 17.4. The van der Waals surface area contributed by atoms with Crippen molar-refractivity contribution >= 4 is 17.9 Å². The minimum Gasteiger partial charge on any atom is -0.456 e. The topological polar surface area (TPSA) is 108 Å². The molecule has 0 radical (unpaired) electrons. The second-order valence-electron chi connectivity index (χ2n) is 12.9. The Bertz CT molecular complexity index is 977. The van der Waals surface area contributed by atoms with Gasteiger partial charge in [-0.15, -0.1) is 0 Å². The Morgan fingerprint density at radius 3 is 2.41 bits per heavy atom. The number of ether oxygens (including phenoxy) is 4. The summed E-state index contributed by atoms with van der Waals surface area (Å²) < 4.78 is 21.9. The third kappa shape index (κ3) is 4.32. The largest absolute Gasteiger partial charge is 0.456 e. The maximum Gasteiger partial charge on any atom is 0.314 e. The molecule has 5 aliphatic rings. The minimum absolute atomic E-state index is 0.0482. The summed E-state index contributed by atoms with van der Waals surface area (Å²) in [4.78, 5) is 37.0. The van der Waals surface area contributed by atoms with Gasteiger partial charge in [0.1, 0.15) is 0 Å². The Morgan fingerprint density at radius 2 is 1.70 bits per heavy atom. The van der Waals surface area contributed by atoms with Crippen molar-refractivity contribution in [1.82, 2.24) is 0 Å². The highest BCUT2D eigenvalue weighted by molar-refractivity contribution is 5.77. The van der Waals surface area contributed by atoms with Crippen LogP contribution in [0.4, 0.5) is 0 Å². The van der Waals surface area contributed by atoms with Crippen LogP contribution >= 0.6 is 0 Å². The van der Waals surface area contributed by atoms with E-state index in [1.165, 1.54) is 38.7 Å². The first-order valence-electron chi connectivity index (χ1n) is 13.9. The highest BCUT2D eigenvalue weighted by Gasteiger charge is 2.65. The fourth-order valence-corrected chi connectivity index (χ4v) is 9.35. The van der Waals surface area contributed by atoms with E-state index >= 15 is 0 Å². The number of carbonyl (C=O) groups excluding carboxylic acids is 3. The van der Waals surface area contributed by atoms with Gasteiger partial charge < -0.3 is 24.1 Å². The van der Waals surface area contributed by atoms with E-state index in [4.69, 9.17) is 18.9 Å². The van der Waals surface area contributed by atoms with E-state index in [-0.39, 0.29) is 23.9 Å². The molecule has 0 amide bonds. The molecule has 0 aromatic heterocycles. The van der Waals surface area contributed by atoms with Crippen molar-refractivity contribution in [2.45, 2.75) is 110 Å². The molecule has 4 saturated carbocycles. The maximum absolute atomic E-state index is 13.9. The van der Waals surface area contributed by atoms with Gasteiger partial charge in [-0.25, -0.2) is 0 Å². The van der Waals surface area contributed by atoms with Gasteiger partial charge in [0.05, 0.1) is 12.0 Å². The fraction of sp³-hybridized carbons (Fsp3) is 0.828. The normalized spacial score (nSPS) is 46.8. The second kappa shape index (κ2) is 9.37. The van der Waals surface area contributed by atoms with Crippen molar-refractivity contribution in [3.63, 3.8) is 0 Å². The zero-order chi connectivity index (χ0) is 26.8. The Labute approximate surface area is 219 Å². The molecule has 10 unspecified atom stereocenters. The SMILES string of the molecule is C=C1CC23CCC4C(C)(C(=O)OC5OCC(OC(C)=O)C(OC(C)=O)C5O)CCCC4(C)C2CCC1C3. The van der Waals surface area contributed by atoms with Crippen LogP contribution in [0.25, 0.3) is 0 Å². The van der Waals surface area contributed by atoms with E-state index in [0.29, 0.717) is 17.3 Å². The van der Waals surface area contributed by atoms with Crippen molar-refractivity contribution in [3.05, 3.63) is 12.2 Å². The first kappa shape index (κ1) is 26.7. The standard InChI is InChI=1S/C29H42O8/c1-16-13-29-12-9-21-27(4,22(29)8-7-19(16)14-29)10-6-11-28(21,5)26(33)37-25-23(32)24(36-18(3)31)20(15-34-25)35-17(2)30/h19-25,32H,1,6-15H2,2-5H3. The highest BCUT2D eigenvalue weighted by atomic mass is 16.7. The van der Waals surface area contributed by atoms with Gasteiger partial charge in [-0.3, -0.25) is 14.4 Å². The predicted molar refractivity (Wildman–Crippen MR) is 133 cm³/mol. The molecule has 0 aromatic rings. The third-order valence-electron chi connectivity index (χ3n) is 10.8. The van der Waals surface area contributed by atoms with Crippen LogP contribution in [0, 0.1) is 34.0 Å². The molecule has 4 aliphatic carbocycles. The molecule has 2 bridgehead atoms. The number of aliphatic hydroxyl groups is 1. The van der Waals surface area contributed by atoms with Crippen LogP contribution < -0.4 is 0 Å². The summed E-state index contributed by atoms with van der Waals surface area (Å²) >= 11 is 0. The zero-order valence-corrected chi connectivity index (χ0v) is 22.6. The van der Waals surface area contributed by atoms with Crippen LogP contribution in [0.15, 0.2) is 12.2 Å². The van der Waals surface area contributed by atoms with Gasteiger partial charge in [0.15, 0.2) is 18.3 Å². The average Bonchev–Trinajstić information content (AvgIpc) is 3.04. The molecule has 8 heteroatoms. The molecule has 1 heterocycles. The molecule has 206 valence electrons. The number of hydrogen-bond acceptors (Lipinski definition) is 8. The van der Waals surface area contributed by atoms with Gasteiger partial charge in [-0.1, -0.05) is 25.5 Å². The van der Waals surface area contributed by atoms with Crippen molar-refractivity contribution in [3.8, 4) is 0 Å². The van der Waals surface area contributed by atoms with E-state index in [0.717, 1.165) is 38.5 Å². The van der Waals surface area contributed by atoms with Crippen LogP contribution in [0.1, 0.15) is 85.5 Å². The lowest BCUT2D eigenvalue weighted by Crippen LogP contribution is -2.60. The summed E-state index contributed by atoms with van der Waals surface area (Å²) in [6, 6.07) is 0. The summed E-state index contributed by atoms with van der Waals surface area (Å²) in [5, 5.41) is 10.9. The Kier molecular flexibility index (Phi) is 6.75. The molecular formula is C29H42O8. The van der Waals surface area contributed by atoms with Gasteiger partial charge in [0.25, 0.3) is 0 Å².